The molecular formula is C12H12N2O. The van der Waals surface area contributed by atoms with Crippen molar-refractivity contribution < 1.29 is 0 Å². The molecule has 0 aliphatic heterocycles. The smallest absolute Gasteiger partial charge is 0.252 e. The number of pyridine rings is 1. The van der Waals surface area contributed by atoms with Crippen LogP contribution in [0.25, 0.3) is 0 Å². The minimum atomic E-state index is -0.0705. The first kappa shape index (κ1) is 9.52. The molecule has 2 rings (SSSR count). The van der Waals surface area contributed by atoms with Crippen molar-refractivity contribution in [2.45, 2.75) is 6.54 Å². The van der Waals surface area contributed by atoms with Crippen LogP contribution in [0.4, 0.5) is 5.82 Å². The Balaban J connectivity index is 2.37. The Morgan fingerprint density at radius 1 is 1.00 bits per heavy atom. The minimum Gasteiger partial charge on any atom is -0.385 e. The third kappa shape index (κ3) is 2.07. The second-order valence-electron chi connectivity index (χ2n) is 3.36. The Kier molecular flexibility index (Phi) is 2.54. The minimum absolute atomic E-state index is 0.0705. The second kappa shape index (κ2) is 4.00. The van der Waals surface area contributed by atoms with Crippen LogP contribution in [0.15, 0.2) is 53.3 Å². The van der Waals surface area contributed by atoms with E-state index in [9.17, 15) is 4.79 Å². The Morgan fingerprint density at radius 3 is 2.40 bits per heavy atom. The summed E-state index contributed by atoms with van der Waals surface area (Å²) < 4.78 is 1.55. The van der Waals surface area contributed by atoms with Crippen molar-refractivity contribution in [3.05, 3.63) is 64.4 Å². The van der Waals surface area contributed by atoms with Crippen LogP contribution in [0.1, 0.15) is 5.56 Å². The van der Waals surface area contributed by atoms with Crippen molar-refractivity contribution in [1.82, 2.24) is 4.57 Å². The molecule has 0 aliphatic carbocycles. The van der Waals surface area contributed by atoms with Gasteiger partial charge in [0.25, 0.3) is 5.56 Å². The fraction of sp³-hybridized carbons (Fsp3) is 0.0833. The van der Waals surface area contributed by atoms with Crippen molar-refractivity contribution >= 4 is 5.82 Å². The zero-order valence-electron chi connectivity index (χ0n) is 8.26. The highest BCUT2D eigenvalue weighted by molar-refractivity contribution is 5.30. The molecule has 1 aromatic heterocycles. The predicted molar refractivity (Wildman–Crippen MR) is 60.7 cm³/mol. The first-order valence-electron chi connectivity index (χ1n) is 4.76. The van der Waals surface area contributed by atoms with E-state index in [4.69, 9.17) is 5.73 Å². The summed E-state index contributed by atoms with van der Waals surface area (Å²) in [7, 11) is 0. The van der Waals surface area contributed by atoms with Gasteiger partial charge in [-0.3, -0.25) is 9.36 Å². The van der Waals surface area contributed by atoms with E-state index in [-0.39, 0.29) is 5.56 Å². The molecule has 0 spiro atoms. The standard InChI is InChI=1S/C12H12N2O/c13-11-7-4-8-12(15)14(11)9-10-5-2-1-3-6-10/h1-8H,9,13H2. The van der Waals surface area contributed by atoms with Crippen molar-refractivity contribution in [3.8, 4) is 0 Å². The third-order valence-corrected chi connectivity index (χ3v) is 2.27. The van der Waals surface area contributed by atoms with E-state index in [0.717, 1.165) is 5.56 Å². The number of rotatable bonds is 2. The molecule has 1 heterocycles. The molecule has 76 valence electrons. The van der Waals surface area contributed by atoms with E-state index in [0.29, 0.717) is 12.4 Å². The van der Waals surface area contributed by atoms with Crippen LogP contribution in [0.3, 0.4) is 0 Å². The lowest BCUT2D eigenvalue weighted by Gasteiger charge is -2.08. The molecule has 0 amide bonds. The number of hydrogen-bond acceptors (Lipinski definition) is 2. The number of benzene rings is 1. The van der Waals surface area contributed by atoms with Crippen LogP contribution < -0.4 is 11.3 Å². The summed E-state index contributed by atoms with van der Waals surface area (Å²) in [6.45, 7) is 0.520. The summed E-state index contributed by atoms with van der Waals surface area (Å²) in [5.41, 5.74) is 6.73. The number of nitrogens with zero attached hydrogens (tertiary/aromatic N) is 1. The van der Waals surface area contributed by atoms with E-state index in [1.54, 1.807) is 16.7 Å². The maximum atomic E-state index is 11.5. The Morgan fingerprint density at radius 2 is 1.73 bits per heavy atom. The van der Waals surface area contributed by atoms with Gasteiger partial charge in [-0.15, -0.1) is 0 Å². The zero-order valence-corrected chi connectivity index (χ0v) is 8.26. The van der Waals surface area contributed by atoms with Crippen LogP contribution in [-0.2, 0) is 6.54 Å². The predicted octanol–water partition coefficient (Wildman–Crippen LogP) is 1.48. The first-order valence-corrected chi connectivity index (χ1v) is 4.76. The first-order chi connectivity index (χ1) is 7.27. The molecule has 0 bridgehead atoms. The van der Waals surface area contributed by atoms with Crippen LogP contribution in [0, 0.1) is 0 Å². The van der Waals surface area contributed by atoms with E-state index < -0.39 is 0 Å². The van der Waals surface area contributed by atoms with Crippen molar-refractivity contribution in [2.75, 3.05) is 5.73 Å². The lowest BCUT2D eigenvalue weighted by Crippen LogP contribution is -2.22. The zero-order chi connectivity index (χ0) is 10.7. The van der Waals surface area contributed by atoms with Gasteiger partial charge in [-0.1, -0.05) is 36.4 Å². The van der Waals surface area contributed by atoms with Crippen LogP contribution >= 0.6 is 0 Å². The molecule has 2 N–H and O–H groups in total. The molecule has 2 aromatic rings. The van der Waals surface area contributed by atoms with Gasteiger partial charge in [0.1, 0.15) is 5.82 Å². The Hall–Kier alpha value is -2.03. The summed E-state index contributed by atoms with van der Waals surface area (Å²) in [6, 6.07) is 14.7. The number of hydrogen-bond donors (Lipinski definition) is 1. The molecule has 0 saturated carbocycles. The maximum Gasteiger partial charge on any atom is 0.252 e. The van der Waals surface area contributed by atoms with Crippen molar-refractivity contribution in [2.24, 2.45) is 0 Å². The number of aromatic nitrogens is 1. The van der Waals surface area contributed by atoms with Crippen molar-refractivity contribution in [3.63, 3.8) is 0 Å². The molecule has 0 unspecified atom stereocenters. The molecule has 1 aromatic carbocycles. The quantitative estimate of drug-likeness (QED) is 0.798. The van der Waals surface area contributed by atoms with E-state index in [1.807, 2.05) is 30.3 Å². The van der Waals surface area contributed by atoms with Crippen LogP contribution in [0.5, 0.6) is 0 Å². The molecule has 3 heteroatoms. The molecule has 15 heavy (non-hydrogen) atoms. The van der Waals surface area contributed by atoms with Crippen LogP contribution in [0.2, 0.25) is 0 Å². The highest BCUT2D eigenvalue weighted by atomic mass is 16.1. The van der Waals surface area contributed by atoms with Gasteiger partial charge in [0, 0.05) is 6.07 Å². The summed E-state index contributed by atoms with van der Waals surface area (Å²) in [4.78, 5) is 11.5. The monoisotopic (exact) mass is 200 g/mol. The Labute approximate surface area is 87.8 Å². The number of anilines is 1. The summed E-state index contributed by atoms with van der Waals surface area (Å²) in [6.07, 6.45) is 0. The number of nitrogens with two attached hydrogens (primary N) is 1. The normalized spacial score (nSPS) is 10.1. The molecule has 3 nitrogen and oxygen atoms in total. The highest BCUT2D eigenvalue weighted by Gasteiger charge is 2.00. The third-order valence-electron chi connectivity index (χ3n) is 2.27. The lowest BCUT2D eigenvalue weighted by atomic mass is 10.2. The molecular weight excluding hydrogens is 188 g/mol. The van der Waals surface area contributed by atoms with Gasteiger partial charge >= 0.3 is 0 Å². The van der Waals surface area contributed by atoms with Gasteiger partial charge in [0.2, 0.25) is 0 Å². The summed E-state index contributed by atoms with van der Waals surface area (Å²) >= 11 is 0. The average molecular weight is 200 g/mol. The van der Waals surface area contributed by atoms with Gasteiger partial charge < -0.3 is 5.73 Å². The van der Waals surface area contributed by atoms with Gasteiger partial charge in [-0.25, -0.2) is 0 Å². The topological polar surface area (TPSA) is 48.0 Å². The van der Waals surface area contributed by atoms with Gasteiger partial charge in [-0.2, -0.15) is 0 Å². The van der Waals surface area contributed by atoms with E-state index in [2.05, 4.69) is 0 Å². The van der Waals surface area contributed by atoms with E-state index >= 15 is 0 Å². The Bertz CT molecular complexity index is 503. The fourth-order valence-corrected chi connectivity index (χ4v) is 1.47. The number of nitrogen functional groups attached to an aromatic ring is 1. The highest BCUT2D eigenvalue weighted by Crippen LogP contribution is 2.04. The van der Waals surface area contributed by atoms with Gasteiger partial charge in [0.05, 0.1) is 6.54 Å². The van der Waals surface area contributed by atoms with Gasteiger partial charge in [0.15, 0.2) is 0 Å². The second-order valence-corrected chi connectivity index (χ2v) is 3.36. The maximum absolute atomic E-state index is 11.5. The summed E-state index contributed by atoms with van der Waals surface area (Å²) in [5, 5.41) is 0. The average Bonchev–Trinajstić information content (AvgIpc) is 2.25. The van der Waals surface area contributed by atoms with Gasteiger partial charge in [-0.05, 0) is 11.6 Å². The molecule has 0 fully saturated rings. The lowest BCUT2D eigenvalue weighted by molar-refractivity contribution is 0.772. The molecule has 0 saturated heterocycles. The summed E-state index contributed by atoms with van der Waals surface area (Å²) in [5.74, 6) is 0.492. The molecule has 0 atom stereocenters. The fourth-order valence-electron chi connectivity index (χ4n) is 1.47. The van der Waals surface area contributed by atoms with Crippen molar-refractivity contribution in [1.29, 1.82) is 0 Å². The SMILES string of the molecule is Nc1cccc(=O)n1Cc1ccccc1. The van der Waals surface area contributed by atoms with Crippen LogP contribution in [-0.4, -0.2) is 4.57 Å². The molecule has 0 radical (unpaired) electrons. The molecule has 0 aliphatic rings. The largest absolute Gasteiger partial charge is 0.385 e. The van der Waals surface area contributed by atoms with E-state index in [1.165, 1.54) is 6.07 Å².